The SMILES string of the molecule is C=C(C)CN(CCCOC)CCC(O)COC1CCC(C(C)(C)CCC)CC1. The van der Waals surface area contributed by atoms with Crippen LogP contribution in [0.2, 0.25) is 0 Å². The molecule has 1 rings (SSSR count). The molecule has 0 aliphatic heterocycles. The van der Waals surface area contributed by atoms with Crippen LogP contribution in [-0.2, 0) is 9.47 Å². The Hall–Kier alpha value is -0.420. The lowest BCUT2D eigenvalue weighted by Crippen LogP contribution is -2.34. The van der Waals surface area contributed by atoms with Crippen molar-refractivity contribution in [2.45, 2.75) is 91.3 Å². The van der Waals surface area contributed by atoms with E-state index in [1.165, 1.54) is 25.7 Å². The van der Waals surface area contributed by atoms with Crippen LogP contribution in [0.25, 0.3) is 0 Å². The van der Waals surface area contributed by atoms with Crippen LogP contribution in [0.3, 0.4) is 0 Å². The number of methoxy groups -OCH3 is 1. The van der Waals surface area contributed by atoms with E-state index in [4.69, 9.17) is 9.47 Å². The molecule has 1 unspecified atom stereocenters. The molecular weight excluding hydrogens is 350 g/mol. The van der Waals surface area contributed by atoms with Crippen molar-refractivity contribution in [3.63, 3.8) is 0 Å². The molecule has 0 aromatic carbocycles. The van der Waals surface area contributed by atoms with E-state index < -0.39 is 0 Å². The summed E-state index contributed by atoms with van der Waals surface area (Å²) >= 11 is 0. The molecular formula is C24H47NO3. The van der Waals surface area contributed by atoms with Gasteiger partial charge in [0.15, 0.2) is 0 Å². The summed E-state index contributed by atoms with van der Waals surface area (Å²) in [6, 6.07) is 0. The van der Waals surface area contributed by atoms with Gasteiger partial charge in [0.2, 0.25) is 0 Å². The number of hydrogen-bond acceptors (Lipinski definition) is 4. The highest BCUT2D eigenvalue weighted by molar-refractivity contribution is 4.92. The molecule has 166 valence electrons. The average Bonchev–Trinajstić information content (AvgIpc) is 2.64. The minimum atomic E-state index is -0.385. The maximum absolute atomic E-state index is 10.4. The van der Waals surface area contributed by atoms with Crippen molar-refractivity contribution in [1.29, 1.82) is 0 Å². The third kappa shape index (κ3) is 10.4. The van der Waals surface area contributed by atoms with Gasteiger partial charge in [-0.2, -0.15) is 0 Å². The van der Waals surface area contributed by atoms with E-state index in [9.17, 15) is 5.11 Å². The molecule has 0 heterocycles. The smallest absolute Gasteiger partial charge is 0.0786 e. The van der Waals surface area contributed by atoms with Crippen molar-refractivity contribution in [1.82, 2.24) is 4.90 Å². The minimum Gasteiger partial charge on any atom is -0.391 e. The van der Waals surface area contributed by atoms with Gasteiger partial charge in [-0.05, 0) is 63.2 Å². The summed E-state index contributed by atoms with van der Waals surface area (Å²) in [6.45, 7) is 17.2. The Kier molecular flexibility index (Phi) is 12.6. The van der Waals surface area contributed by atoms with Gasteiger partial charge >= 0.3 is 0 Å². The Morgan fingerprint density at radius 2 is 1.89 bits per heavy atom. The Labute approximate surface area is 174 Å². The second-order valence-corrected chi connectivity index (χ2v) is 9.57. The molecule has 1 atom stereocenters. The Morgan fingerprint density at radius 3 is 2.46 bits per heavy atom. The quantitative estimate of drug-likeness (QED) is 0.310. The third-order valence-corrected chi connectivity index (χ3v) is 6.29. The lowest BCUT2D eigenvalue weighted by atomic mass is 9.68. The Morgan fingerprint density at radius 1 is 1.21 bits per heavy atom. The van der Waals surface area contributed by atoms with Crippen LogP contribution < -0.4 is 0 Å². The summed E-state index contributed by atoms with van der Waals surface area (Å²) in [6.07, 6.45) is 9.09. The fourth-order valence-corrected chi connectivity index (χ4v) is 4.61. The summed E-state index contributed by atoms with van der Waals surface area (Å²) in [4.78, 5) is 2.35. The number of rotatable bonds is 15. The first-order chi connectivity index (χ1) is 13.3. The van der Waals surface area contributed by atoms with E-state index in [0.29, 0.717) is 18.1 Å². The van der Waals surface area contributed by atoms with Crippen LogP contribution in [-0.4, -0.2) is 62.2 Å². The summed E-state index contributed by atoms with van der Waals surface area (Å²) < 4.78 is 11.2. The van der Waals surface area contributed by atoms with Gasteiger partial charge in [-0.25, -0.2) is 0 Å². The molecule has 0 spiro atoms. The Balaban J connectivity index is 2.26. The van der Waals surface area contributed by atoms with Crippen molar-refractivity contribution >= 4 is 0 Å². The van der Waals surface area contributed by atoms with Gasteiger partial charge in [-0.15, -0.1) is 0 Å². The zero-order valence-corrected chi connectivity index (χ0v) is 19.3. The van der Waals surface area contributed by atoms with Crippen molar-refractivity contribution in [3.05, 3.63) is 12.2 Å². The van der Waals surface area contributed by atoms with Crippen LogP contribution >= 0.6 is 0 Å². The maximum Gasteiger partial charge on any atom is 0.0786 e. The standard InChI is InChI=1S/C24H47NO3/c1-7-14-24(4,5)21-9-11-23(12-10-21)28-19-22(26)13-16-25(18-20(2)3)15-8-17-27-6/h21-23,26H,2,7-19H2,1,3-6H3. The second kappa shape index (κ2) is 13.7. The molecule has 0 amide bonds. The van der Waals surface area contributed by atoms with Crippen LogP contribution in [0.1, 0.15) is 79.1 Å². The summed E-state index contributed by atoms with van der Waals surface area (Å²) in [5.41, 5.74) is 1.61. The minimum absolute atomic E-state index is 0.330. The molecule has 0 aromatic rings. The zero-order chi connectivity index (χ0) is 21.0. The highest BCUT2D eigenvalue weighted by Crippen LogP contribution is 2.41. The lowest BCUT2D eigenvalue weighted by Gasteiger charge is -2.39. The fourth-order valence-electron chi connectivity index (χ4n) is 4.61. The molecule has 28 heavy (non-hydrogen) atoms. The molecule has 1 fully saturated rings. The van der Waals surface area contributed by atoms with Gasteiger partial charge in [0.1, 0.15) is 0 Å². The van der Waals surface area contributed by atoms with Gasteiger partial charge < -0.3 is 14.6 Å². The summed E-state index contributed by atoms with van der Waals surface area (Å²) in [5, 5.41) is 10.4. The van der Waals surface area contributed by atoms with Gasteiger partial charge in [-0.1, -0.05) is 39.3 Å². The van der Waals surface area contributed by atoms with Crippen molar-refractivity contribution < 1.29 is 14.6 Å². The monoisotopic (exact) mass is 397 g/mol. The summed E-state index contributed by atoms with van der Waals surface area (Å²) in [5.74, 6) is 0.819. The normalized spacial score (nSPS) is 21.8. The van der Waals surface area contributed by atoms with Crippen molar-refractivity contribution in [2.75, 3.05) is 40.0 Å². The first-order valence-electron chi connectivity index (χ1n) is 11.4. The first-order valence-corrected chi connectivity index (χ1v) is 11.4. The number of nitrogens with zero attached hydrogens (tertiary/aromatic N) is 1. The van der Waals surface area contributed by atoms with Gasteiger partial charge in [0.05, 0.1) is 18.8 Å². The van der Waals surface area contributed by atoms with Gasteiger partial charge in [0, 0.05) is 33.4 Å². The molecule has 0 bridgehead atoms. The first kappa shape index (κ1) is 25.6. The summed E-state index contributed by atoms with van der Waals surface area (Å²) in [7, 11) is 1.74. The van der Waals surface area contributed by atoms with Crippen LogP contribution in [0.5, 0.6) is 0 Å². The molecule has 1 aliphatic rings. The average molecular weight is 398 g/mol. The Bertz CT molecular complexity index is 416. The molecule has 4 heteroatoms. The number of ether oxygens (including phenoxy) is 2. The predicted molar refractivity (Wildman–Crippen MR) is 119 cm³/mol. The molecule has 4 nitrogen and oxygen atoms in total. The molecule has 1 N–H and O–H groups in total. The molecule has 0 saturated heterocycles. The predicted octanol–water partition coefficient (Wildman–Crippen LogP) is 5.05. The maximum atomic E-state index is 10.4. The zero-order valence-electron chi connectivity index (χ0n) is 19.3. The molecule has 1 saturated carbocycles. The van der Waals surface area contributed by atoms with E-state index >= 15 is 0 Å². The van der Waals surface area contributed by atoms with E-state index in [0.717, 1.165) is 63.4 Å². The van der Waals surface area contributed by atoms with E-state index in [1.54, 1.807) is 7.11 Å². The van der Waals surface area contributed by atoms with Crippen molar-refractivity contribution in [3.8, 4) is 0 Å². The van der Waals surface area contributed by atoms with Gasteiger partial charge in [0.25, 0.3) is 0 Å². The fraction of sp³-hybridized carbons (Fsp3) is 0.917. The molecule has 0 radical (unpaired) electrons. The van der Waals surface area contributed by atoms with Crippen LogP contribution in [0, 0.1) is 11.3 Å². The van der Waals surface area contributed by atoms with E-state index in [1.807, 2.05) is 0 Å². The third-order valence-electron chi connectivity index (χ3n) is 6.29. The second-order valence-electron chi connectivity index (χ2n) is 9.57. The number of hydrogen-bond donors (Lipinski definition) is 1. The van der Waals surface area contributed by atoms with E-state index in [2.05, 4.69) is 39.2 Å². The van der Waals surface area contributed by atoms with Crippen LogP contribution in [0.4, 0.5) is 0 Å². The van der Waals surface area contributed by atoms with Crippen LogP contribution in [0.15, 0.2) is 12.2 Å². The topological polar surface area (TPSA) is 41.9 Å². The highest BCUT2D eigenvalue weighted by atomic mass is 16.5. The molecule has 0 aromatic heterocycles. The van der Waals surface area contributed by atoms with E-state index in [-0.39, 0.29) is 6.10 Å². The number of aliphatic hydroxyl groups excluding tert-OH is 1. The largest absolute Gasteiger partial charge is 0.391 e. The highest BCUT2D eigenvalue weighted by Gasteiger charge is 2.32. The van der Waals surface area contributed by atoms with Gasteiger partial charge in [-0.3, -0.25) is 4.90 Å². The lowest BCUT2D eigenvalue weighted by molar-refractivity contribution is -0.0419. The molecule has 1 aliphatic carbocycles. The van der Waals surface area contributed by atoms with Crippen molar-refractivity contribution in [2.24, 2.45) is 11.3 Å². The number of aliphatic hydroxyl groups is 1.